The first kappa shape index (κ1) is 20.1. The van der Waals surface area contributed by atoms with Crippen LogP contribution in [-0.4, -0.2) is 37.2 Å². The van der Waals surface area contributed by atoms with Crippen molar-refractivity contribution in [3.05, 3.63) is 82.0 Å². The number of rotatable bonds is 3. The molecule has 2 heterocycles. The third-order valence-corrected chi connectivity index (χ3v) is 5.58. The summed E-state index contributed by atoms with van der Waals surface area (Å²) in [5.41, 5.74) is 1.55. The van der Waals surface area contributed by atoms with Gasteiger partial charge in [-0.1, -0.05) is 0 Å². The average Bonchev–Trinajstić information content (AvgIpc) is 2.81. The maximum absolute atomic E-state index is 14.3. The molecule has 1 aromatic heterocycles. The number of hydrogen-bond donors (Lipinski definition) is 2. The van der Waals surface area contributed by atoms with Gasteiger partial charge in [0.2, 0.25) is 0 Å². The first-order valence-corrected chi connectivity index (χ1v) is 10.2. The van der Waals surface area contributed by atoms with Crippen LogP contribution in [0, 0.1) is 11.6 Å². The second kappa shape index (κ2) is 8.05. The summed E-state index contributed by atoms with van der Waals surface area (Å²) < 4.78 is 33.2. The van der Waals surface area contributed by atoms with E-state index in [1.165, 1.54) is 12.1 Å². The smallest absolute Gasteiger partial charge is 0.257 e. The molecule has 0 radical (unpaired) electrons. The number of anilines is 2. The zero-order valence-electron chi connectivity index (χ0n) is 17.0. The topological polar surface area (TPSA) is 74.4 Å². The summed E-state index contributed by atoms with van der Waals surface area (Å²) in [6, 6.07) is 13.2. The minimum atomic E-state index is -0.730. The van der Waals surface area contributed by atoms with Gasteiger partial charge in [0.15, 0.2) is 5.43 Å². The van der Waals surface area contributed by atoms with Crippen molar-refractivity contribution in [3.63, 3.8) is 0 Å². The maximum atomic E-state index is 14.3. The van der Waals surface area contributed by atoms with E-state index in [0.29, 0.717) is 24.4 Å². The SMILES string of the molecule is O=C(Nc1ccc(N2CCOCC2)cc1)c1cc(F)cc2c(=O)c3cc(F)ccc3[nH]c12. The van der Waals surface area contributed by atoms with Gasteiger partial charge in [-0.3, -0.25) is 9.59 Å². The molecule has 6 nitrogen and oxygen atoms in total. The van der Waals surface area contributed by atoms with E-state index < -0.39 is 23.0 Å². The number of aromatic amines is 1. The fourth-order valence-electron chi connectivity index (χ4n) is 3.97. The summed E-state index contributed by atoms with van der Waals surface area (Å²) in [5, 5.41) is 2.83. The van der Waals surface area contributed by atoms with Gasteiger partial charge in [-0.15, -0.1) is 0 Å². The number of fused-ring (bicyclic) bond motifs is 2. The third kappa shape index (κ3) is 3.69. The van der Waals surface area contributed by atoms with Gasteiger partial charge in [0.1, 0.15) is 11.6 Å². The highest BCUT2D eigenvalue weighted by Crippen LogP contribution is 2.23. The Hall–Kier alpha value is -3.78. The van der Waals surface area contributed by atoms with E-state index in [0.717, 1.165) is 37.0 Å². The third-order valence-electron chi connectivity index (χ3n) is 5.58. The molecule has 1 aliphatic heterocycles. The lowest BCUT2D eigenvalue weighted by molar-refractivity contribution is 0.102. The van der Waals surface area contributed by atoms with Crippen molar-refractivity contribution >= 4 is 39.1 Å². The molecule has 0 aliphatic carbocycles. The molecule has 5 rings (SSSR count). The van der Waals surface area contributed by atoms with Gasteiger partial charge in [-0.2, -0.15) is 0 Å². The molecule has 3 aromatic carbocycles. The van der Waals surface area contributed by atoms with Crippen LogP contribution in [0.5, 0.6) is 0 Å². The van der Waals surface area contributed by atoms with Gasteiger partial charge in [-0.05, 0) is 54.6 Å². The number of H-pyrrole nitrogens is 1. The Morgan fingerprint density at radius 2 is 1.66 bits per heavy atom. The van der Waals surface area contributed by atoms with Gasteiger partial charge in [0, 0.05) is 40.8 Å². The molecule has 162 valence electrons. The lowest BCUT2D eigenvalue weighted by Gasteiger charge is -2.28. The maximum Gasteiger partial charge on any atom is 0.257 e. The van der Waals surface area contributed by atoms with Gasteiger partial charge in [-0.25, -0.2) is 8.78 Å². The predicted molar refractivity (Wildman–Crippen MR) is 119 cm³/mol. The minimum absolute atomic E-state index is 0.0134. The highest BCUT2D eigenvalue weighted by atomic mass is 19.1. The van der Waals surface area contributed by atoms with Crippen LogP contribution in [0.4, 0.5) is 20.2 Å². The lowest BCUT2D eigenvalue weighted by Crippen LogP contribution is -2.36. The Morgan fingerprint density at radius 3 is 2.41 bits per heavy atom. The minimum Gasteiger partial charge on any atom is -0.378 e. The number of nitrogens with one attached hydrogen (secondary N) is 2. The molecule has 4 aromatic rings. The number of carbonyl (C=O) groups excluding carboxylic acids is 1. The summed E-state index contributed by atoms with van der Waals surface area (Å²) in [7, 11) is 0. The van der Waals surface area contributed by atoms with E-state index >= 15 is 0 Å². The highest BCUT2D eigenvalue weighted by Gasteiger charge is 2.17. The van der Waals surface area contributed by atoms with Crippen LogP contribution >= 0.6 is 0 Å². The van der Waals surface area contributed by atoms with Crippen molar-refractivity contribution in [3.8, 4) is 0 Å². The van der Waals surface area contributed by atoms with Crippen LogP contribution < -0.4 is 15.6 Å². The molecule has 1 amide bonds. The second-order valence-electron chi connectivity index (χ2n) is 7.62. The number of nitrogens with zero attached hydrogens (tertiary/aromatic N) is 1. The van der Waals surface area contributed by atoms with E-state index in [9.17, 15) is 18.4 Å². The first-order valence-electron chi connectivity index (χ1n) is 10.2. The standard InChI is InChI=1S/C24H19F2N3O3/c25-14-1-6-21-18(11-14)23(30)19-12-15(26)13-20(22(19)28-21)24(31)27-16-2-4-17(5-3-16)29-7-9-32-10-8-29/h1-6,11-13H,7-10H2,(H,27,31)(H,28,30). The first-order chi connectivity index (χ1) is 15.5. The van der Waals surface area contributed by atoms with Crippen LogP contribution in [0.1, 0.15) is 10.4 Å². The summed E-state index contributed by atoms with van der Waals surface area (Å²) in [5.74, 6) is -1.87. The number of amides is 1. The molecule has 2 N–H and O–H groups in total. The summed E-state index contributed by atoms with van der Waals surface area (Å²) in [4.78, 5) is 31.0. The molecular formula is C24H19F2N3O3. The summed E-state index contributed by atoms with van der Waals surface area (Å²) in [6.07, 6.45) is 0. The number of pyridine rings is 1. The number of morpholine rings is 1. The van der Waals surface area contributed by atoms with E-state index in [1.54, 1.807) is 12.1 Å². The van der Waals surface area contributed by atoms with Gasteiger partial charge < -0.3 is 19.9 Å². The average molecular weight is 435 g/mol. The number of benzene rings is 3. The van der Waals surface area contributed by atoms with E-state index in [-0.39, 0.29) is 21.9 Å². The van der Waals surface area contributed by atoms with Crippen molar-refractivity contribution in [1.29, 1.82) is 0 Å². The van der Waals surface area contributed by atoms with Crippen molar-refractivity contribution in [1.82, 2.24) is 4.98 Å². The molecule has 0 spiro atoms. The fraction of sp³-hybridized carbons (Fsp3) is 0.167. The Kier molecular flexibility index (Phi) is 5.07. The van der Waals surface area contributed by atoms with Gasteiger partial charge >= 0.3 is 0 Å². The number of aromatic nitrogens is 1. The van der Waals surface area contributed by atoms with Crippen LogP contribution in [-0.2, 0) is 4.74 Å². The van der Waals surface area contributed by atoms with Crippen molar-refractivity contribution in [2.24, 2.45) is 0 Å². The van der Waals surface area contributed by atoms with Crippen molar-refractivity contribution in [2.45, 2.75) is 0 Å². The highest BCUT2D eigenvalue weighted by molar-refractivity contribution is 6.13. The molecule has 1 aliphatic rings. The van der Waals surface area contributed by atoms with Gasteiger partial charge in [0.05, 0.1) is 24.3 Å². The predicted octanol–water partition coefficient (Wildman–Crippen LogP) is 4.05. The van der Waals surface area contributed by atoms with E-state index in [2.05, 4.69) is 15.2 Å². The Labute approximate surface area is 181 Å². The monoisotopic (exact) mass is 435 g/mol. The molecule has 1 saturated heterocycles. The van der Waals surface area contributed by atoms with Gasteiger partial charge in [0.25, 0.3) is 5.91 Å². The number of hydrogen-bond acceptors (Lipinski definition) is 4. The molecule has 0 saturated carbocycles. The second-order valence-corrected chi connectivity index (χ2v) is 7.62. The summed E-state index contributed by atoms with van der Waals surface area (Å²) in [6.45, 7) is 2.94. The Bertz CT molecular complexity index is 1390. The molecule has 0 unspecified atom stereocenters. The largest absolute Gasteiger partial charge is 0.378 e. The van der Waals surface area contributed by atoms with Crippen LogP contribution in [0.3, 0.4) is 0 Å². The van der Waals surface area contributed by atoms with Crippen LogP contribution in [0.15, 0.2) is 59.4 Å². The zero-order valence-corrected chi connectivity index (χ0v) is 17.0. The Balaban J connectivity index is 1.50. The lowest BCUT2D eigenvalue weighted by atomic mass is 10.0. The summed E-state index contributed by atoms with van der Waals surface area (Å²) >= 11 is 0. The quantitative estimate of drug-likeness (QED) is 0.476. The molecule has 1 fully saturated rings. The molecule has 0 atom stereocenters. The van der Waals surface area contributed by atoms with E-state index in [4.69, 9.17) is 4.74 Å². The van der Waals surface area contributed by atoms with E-state index in [1.807, 2.05) is 12.1 Å². The van der Waals surface area contributed by atoms with Crippen molar-refractivity contribution in [2.75, 3.05) is 36.5 Å². The molecule has 32 heavy (non-hydrogen) atoms. The van der Waals surface area contributed by atoms with Crippen molar-refractivity contribution < 1.29 is 18.3 Å². The molecule has 8 heteroatoms. The normalized spacial score (nSPS) is 14.1. The number of carbonyl (C=O) groups is 1. The fourth-order valence-corrected chi connectivity index (χ4v) is 3.97. The van der Waals surface area contributed by atoms with Crippen LogP contribution in [0.25, 0.3) is 21.8 Å². The number of ether oxygens (including phenoxy) is 1. The Morgan fingerprint density at radius 1 is 0.938 bits per heavy atom. The van der Waals surface area contributed by atoms with Crippen LogP contribution in [0.2, 0.25) is 0 Å². The molecular weight excluding hydrogens is 416 g/mol. The molecule has 0 bridgehead atoms. The number of halogens is 2. The zero-order chi connectivity index (χ0) is 22.2.